The van der Waals surface area contributed by atoms with Gasteiger partial charge in [0, 0.05) is 40.0 Å². The summed E-state index contributed by atoms with van der Waals surface area (Å²) in [6.45, 7) is 5.44. The van der Waals surface area contributed by atoms with Gasteiger partial charge in [-0.15, -0.1) is 15.3 Å². The van der Waals surface area contributed by atoms with Crippen LogP contribution in [0.1, 0.15) is 25.5 Å². The van der Waals surface area contributed by atoms with Crippen LogP contribution in [0.25, 0.3) is 17.0 Å². The number of benzene rings is 1. The largest absolute Gasteiger partial charge is 0.347 e. The minimum atomic E-state index is 0.133. The fourth-order valence-corrected chi connectivity index (χ4v) is 4.64. The Hall–Kier alpha value is -2.70. The zero-order valence-electron chi connectivity index (χ0n) is 15.9. The summed E-state index contributed by atoms with van der Waals surface area (Å²) in [5.41, 5.74) is 2.80. The lowest BCUT2D eigenvalue weighted by Crippen LogP contribution is -2.56. The molecule has 1 fully saturated rings. The van der Waals surface area contributed by atoms with Crippen LogP contribution in [0.2, 0.25) is 10.0 Å². The molecule has 0 amide bonds. The van der Waals surface area contributed by atoms with E-state index in [1.54, 1.807) is 10.6 Å². The smallest absolute Gasteiger partial charge is 0.185 e. The molecule has 29 heavy (non-hydrogen) atoms. The van der Waals surface area contributed by atoms with Crippen LogP contribution in [0.5, 0.6) is 0 Å². The molecule has 1 saturated heterocycles. The lowest BCUT2D eigenvalue weighted by Gasteiger charge is -2.55. The number of pyridine rings is 1. The average molecular weight is 425 g/mol. The Bertz CT molecular complexity index is 1180. The molecule has 0 spiro atoms. The Kier molecular flexibility index (Phi) is 4.22. The van der Waals surface area contributed by atoms with Gasteiger partial charge in [-0.05, 0) is 48.0 Å². The number of nitrogens with zero attached hydrogens (tertiary/aromatic N) is 6. The molecule has 3 aromatic heterocycles. The molecule has 1 aliphatic rings. The first kappa shape index (κ1) is 18.3. The summed E-state index contributed by atoms with van der Waals surface area (Å²) in [4.78, 5) is 6.44. The second-order valence-corrected chi connectivity index (χ2v) is 8.82. The van der Waals surface area contributed by atoms with Gasteiger partial charge in [0.2, 0.25) is 0 Å². The van der Waals surface area contributed by atoms with Crippen molar-refractivity contribution in [3.05, 3.63) is 70.5 Å². The van der Waals surface area contributed by atoms with Crippen LogP contribution in [0.3, 0.4) is 0 Å². The van der Waals surface area contributed by atoms with Crippen LogP contribution >= 0.6 is 23.2 Å². The number of fused-ring (bicyclic) bond motifs is 1. The maximum atomic E-state index is 6.17. The number of anilines is 1. The quantitative estimate of drug-likeness (QED) is 0.458. The number of hydrogen-bond acceptors (Lipinski definition) is 5. The number of hydrogen-bond donors (Lipinski definition) is 0. The van der Waals surface area contributed by atoms with Gasteiger partial charge in [-0.3, -0.25) is 4.98 Å². The molecule has 0 radical (unpaired) electrons. The van der Waals surface area contributed by atoms with Crippen LogP contribution in [-0.4, -0.2) is 31.3 Å². The topological polar surface area (TPSA) is 59.2 Å². The Labute approximate surface area is 178 Å². The second-order valence-electron chi connectivity index (χ2n) is 7.94. The van der Waals surface area contributed by atoms with Crippen molar-refractivity contribution < 1.29 is 0 Å². The molecular weight excluding hydrogens is 407 g/mol. The van der Waals surface area contributed by atoms with Gasteiger partial charge in [0.15, 0.2) is 11.5 Å². The summed E-state index contributed by atoms with van der Waals surface area (Å²) in [5, 5.41) is 14.5. The molecule has 0 N–H and O–H groups in total. The van der Waals surface area contributed by atoms with Crippen molar-refractivity contribution in [1.29, 1.82) is 0 Å². The molecule has 1 unspecified atom stereocenters. The van der Waals surface area contributed by atoms with Gasteiger partial charge >= 0.3 is 0 Å². The third kappa shape index (κ3) is 3.12. The Morgan fingerprint density at radius 3 is 2.38 bits per heavy atom. The molecule has 1 atom stereocenters. The molecule has 4 aromatic rings. The number of halogens is 2. The van der Waals surface area contributed by atoms with E-state index >= 15 is 0 Å². The second kappa shape index (κ2) is 6.68. The predicted molar refractivity (Wildman–Crippen MR) is 114 cm³/mol. The maximum Gasteiger partial charge on any atom is 0.185 e. The van der Waals surface area contributed by atoms with E-state index in [4.69, 9.17) is 28.3 Å². The Morgan fingerprint density at radius 1 is 0.966 bits per heavy atom. The first-order valence-corrected chi connectivity index (χ1v) is 10.0. The Balaban J connectivity index is 1.58. The van der Waals surface area contributed by atoms with E-state index in [0.717, 1.165) is 17.9 Å². The molecule has 0 saturated carbocycles. The molecular formula is C21H18Cl2N6. The summed E-state index contributed by atoms with van der Waals surface area (Å²) >= 11 is 12.3. The Morgan fingerprint density at radius 2 is 1.69 bits per heavy atom. The van der Waals surface area contributed by atoms with E-state index in [0.29, 0.717) is 21.5 Å². The molecule has 8 heteroatoms. The van der Waals surface area contributed by atoms with E-state index < -0.39 is 0 Å². The van der Waals surface area contributed by atoms with Crippen LogP contribution in [0.4, 0.5) is 5.82 Å². The maximum absolute atomic E-state index is 6.17. The standard InChI is InChI=1S/C21H18Cl2N6/c1-21(2)12-28(19(21)13-5-7-24-8-6-13)18-4-3-17-25-26-20(29(17)27-18)14-9-15(22)11-16(23)10-14/h3-11,19H,12H2,1-2H3. The van der Waals surface area contributed by atoms with Crippen molar-refractivity contribution in [2.24, 2.45) is 5.41 Å². The minimum absolute atomic E-state index is 0.133. The van der Waals surface area contributed by atoms with Gasteiger partial charge in [-0.25, -0.2) is 0 Å². The molecule has 0 aliphatic carbocycles. The predicted octanol–water partition coefficient (Wildman–Crippen LogP) is 5.08. The van der Waals surface area contributed by atoms with Crippen LogP contribution < -0.4 is 4.90 Å². The van der Waals surface area contributed by atoms with Gasteiger partial charge in [0.1, 0.15) is 5.82 Å². The molecule has 4 heterocycles. The van der Waals surface area contributed by atoms with E-state index in [2.05, 4.69) is 46.1 Å². The first-order chi connectivity index (χ1) is 13.9. The highest BCUT2D eigenvalue weighted by Crippen LogP contribution is 2.49. The van der Waals surface area contributed by atoms with Gasteiger partial charge < -0.3 is 4.90 Å². The lowest BCUT2D eigenvalue weighted by molar-refractivity contribution is 0.178. The molecule has 1 aromatic carbocycles. The summed E-state index contributed by atoms with van der Waals surface area (Å²) in [5.74, 6) is 1.47. The van der Waals surface area contributed by atoms with Crippen LogP contribution in [0, 0.1) is 5.41 Å². The zero-order chi connectivity index (χ0) is 20.2. The van der Waals surface area contributed by atoms with Gasteiger partial charge in [-0.1, -0.05) is 37.0 Å². The molecule has 5 rings (SSSR count). The fraction of sp³-hybridized carbons (Fsp3) is 0.238. The highest BCUT2D eigenvalue weighted by molar-refractivity contribution is 6.35. The third-order valence-electron chi connectivity index (χ3n) is 5.32. The summed E-state index contributed by atoms with van der Waals surface area (Å²) in [6.07, 6.45) is 3.67. The van der Waals surface area contributed by atoms with Crippen molar-refractivity contribution >= 4 is 34.7 Å². The SMILES string of the molecule is CC1(C)CN(c2ccc3nnc(-c4cc(Cl)cc(Cl)c4)n3n2)C1c1ccncc1. The fourth-order valence-electron chi connectivity index (χ4n) is 4.11. The lowest BCUT2D eigenvalue weighted by atomic mass is 9.72. The number of aromatic nitrogens is 5. The van der Waals surface area contributed by atoms with Crippen LogP contribution in [-0.2, 0) is 0 Å². The normalized spacial score (nSPS) is 18.1. The van der Waals surface area contributed by atoms with E-state index in [1.165, 1.54) is 5.56 Å². The summed E-state index contributed by atoms with van der Waals surface area (Å²) < 4.78 is 1.74. The van der Waals surface area contributed by atoms with Crippen molar-refractivity contribution in [2.75, 3.05) is 11.4 Å². The van der Waals surface area contributed by atoms with Gasteiger partial charge in [0.05, 0.1) is 6.04 Å². The highest BCUT2D eigenvalue weighted by atomic mass is 35.5. The van der Waals surface area contributed by atoms with Crippen molar-refractivity contribution in [3.63, 3.8) is 0 Å². The zero-order valence-corrected chi connectivity index (χ0v) is 17.4. The summed E-state index contributed by atoms with van der Waals surface area (Å²) in [6, 6.07) is 13.6. The van der Waals surface area contributed by atoms with E-state index in [1.807, 2.05) is 36.7 Å². The molecule has 0 bridgehead atoms. The average Bonchev–Trinajstić information content (AvgIpc) is 3.09. The molecule has 146 valence electrons. The summed E-state index contributed by atoms with van der Waals surface area (Å²) in [7, 11) is 0. The molecule has 1 aliphatic heterocycles. The van der Waals surface area contributed by atoms with Gasteiger partial charge in [-0.2, -0.15) is 4.52 Å². The van der Waals surface area contributed by atoms with Crippen molar-refractivity contribution in [2.45, 2.75) is 19.9 Å². The first-order valence-electron chi connectivity index (χ1n) is 9.28. The van der Waals surface area contributed by atoms with Gasteiger partial charge in [0.25, 0.3) is 0 Å². The van der Waals surface area contributed by atoms with Crippen molar-refractivity contribution in [1.82, 2.24) is 24.8 Å². The number of rotatable bonds is 3. The van der Waals surface area contributed by atoms with E-state index in [-0.39, 0.29) is 11.5 Å². The van der Waals surface area contributed by atoms with E-state index in [9.17, 15) is 0 Å². The highest BCUT2D eigenvalue weighted by Gasteiger charge is 2.47. The monoisotopic (exact) mass is 424 g/mol. The molecule has 6 nitrogen and oxygen atoms in total. The third-order valence-corrected chi connectivity index (χ3v) is 5.75. The van der Waals surface area contributed by atoms with Crippen molar-refractivity contribution in [3.8, 4) is 11.4 Å². The van der Waals surface area contributed by atoms with Crippen LogP contribution in [0.15, 0.2) is 54.9 Å². The minimum Gasteiger partial charge on any atom is -0.347 e.